The Labute approximate surface area is 126 Å². The van der Waals surface area contributed by atoms with E-state index in [-0.39, 0.29) is 5.75 Å². The molecule has 0 radical (unpaired) electrons. The van der Waals surface area contributed by atoms with Gasteiger partial charge in [0.05, 0.1) is 11.4 Å². The molecule has 0 aromatic heterocycles. The summed E-state index contributed by atoms with van der Waals surface area (Å²) < 4.78 is 23.7. The zero-order valence-corrected chi connectivity index (χ0v) is 13.0. The summed E-state index contributed by atoms with van der Waals surface area (Å²) in [6.07, 6.45) is -1.00. The van der Waals surface area contributed by atoms with Crippen molar-refractivity contribution >= 4 is 9.84 Å². The van der Waals surface area contributed by atoms with E-state index in [0.29, 0.717) is 5.56 Å². The van der Waals surface area contributed by atoms with E-state index in [4.69, 9.17) is 0 Å². The second-order valence-electron chi connectivity index (χ2n) is 5.09. The quantitative estimate of drug-likeness (QED) is 0.923. The standard InChI is InChI=1S/C17H20O3S/c1-3-21(19,20)13(2)17(18)16-11-9-15(10-12-16)14-7-5-4-6-8-14/h4-13,17-18H,3H2,1-2H3/t13-,17+/m0/s1. The van der Waals surface area contributed by atoms with E-state index in [9.17, 15) is 13.5 Å². The van der Waals surface area contributed by atoms with E-state index in [1.54, 1.807) is 26.0 Å². The second-order valence-corrected chi connectivity index (χ2v) is 7.74. The molecule has 0 aliphatic carbocycles. The van der Waals surface area contributed by atoms with Gasteiger partial charge in [0, 0.05) is 5.75 Å². The molecule has 3 nitrogen and oxygen atoms in total. The van der Waals surface area contributed by atoms with Gasteiger partial charge in [-0.3, -0.25) is 0 Å². The Kier molecular flexibility index (Phi) is 4.80. The molecular formula is C17H20O3S. The summed E-state index contributed by atoms with van der Waals surface area (Å²) in [6.45, 7) is 3.14. The molecule has 0 aliphatic rings. The molecule has 2 aromatic rings. The molecule has 0 spiro atoms. The van der Waals surface area contributed by atoms with E-state index in [0.717, 1.165) is 11.1 Å². The van der Waals surface area contributed by atoms with Crippen LogP contribution in [0.25, 0.3) is 11.1 Å². The molecule has 2 atom stereocenters. The van der Waals surface area contributed by atoms with Gasteiger partial charge in [-0.15, -0.1) is 0 Å². The first-order valence-corrected chi connectivity index (χ1v) is 8.72. The molecule has 2 rings (SSSR count). The van der Waals surface area contributed by atoms with Crippen molar-refractivity contribution in [3.8, 4) is 11.1 Å². The lowest BCUT2D eigenvalue weighted by Crippen LogP contribution is -2.26. The maximum absolute atomic E-state index is 11.8. The second kappa shape index (κ2) is 6.41. The fraction of sp³-hybridized carbons (Fsp3) is 0.294. The van der Waals surface area contributed by atoms with Crippen LogP contribution in [0.15, 0.2) is 54.6 Å². The Balaban J connectivity index is 2.23. The molecule has 0 aliphatic heterocycles. The van der Waals surface area contributed by atoms with Crippen molar-refractivity contribution in [1.82, 2.24) is 0 Å². The van der Waals surface area contributed by atoms with E-state index in [2.05, 4.69) is 0 Å². The van der Waals surface area contributed by atoms with Gasteiger partial charge < -0.3 is 5.11 Å². The zero-order valence-electron chi connectivity index (χ0n) is 12.2. The number of hydrogen-bond donors (Lipinski definition) is 1. The molecule has 1 N–H and O–H groups in total. The molecule has 0 fully saturated rings. The maximum Gasteiger partial charge on any atom is 0.155 e. The molecule has 0 heterocycles. The number of rotatable bonds is 5. The van der Waals surface area contributed by atoms with Crippen LogP contribution in [0.3, 0.4) is 0 Å². The lowest BCUT2D eigenvalue weighted by atomic mass is 10.0. The SMILES string of the molecule is CCS(=O)(=O)[C@@H](C)[C@@H](O)c1ccc(-c2ccccc2)cc1. The van der Waals surface area contributed by atoms with Crippen LogP contribution < -0.4 is 0 Å². The Hall–Kier alpha value is -1.65. The average molecular weight is 304 g/mol. The van der Waals surface area contributed by atoms with E-state index >= 15 is 0 Å². The van der Waals surface area contributed by atoms with Crippen LogP contribution in [0, 0.1) is 0 Å². The molecule has 0 amide bonds. The summed E-state index contributed by atoms with van der Waals surface area (Å²) in [5.74, 6) is 0.0350. The molecule has 112 valence electrons. The van der Waals surface area contributed by atoms with Gasteiger partial charge in [-0.1, -0.05) is 61.5 Å². The summed E-state index contributed by atoms with van der Waals surface area (Å²) in [5, 5.41) is 9.44. The smallest absolute Gasteiger partial charge is 0.155 e. The van der Waals surface area contributed by atoms with Crippen molar-refractivity contribution in [3.05, 3.63) is 60.2 Å². The zero-order chi connectivity index (χ0) is 15.5. The fourth-order valence-corrected chi connectivity index (χ4v) is 3.31. The van der Waals surface area contributed by atoms with Crippen molar-refractivity contribution in [3.63, 3.8) is 0 Å². The van der Waals surface area contributed by atoms with Gasteiger partial charge >= 0.3 is 0 Å². The normalized spacial score (nSPS) is 14.6. The van der Waals surface area contributed by atoms with Crippen molar-refractivity contribution in [2.24, 2.45) is 0 Å². The lowest BCUT2D eigenvalue weighted by Gasteiger charge is -2.19. The third kappa shape index (κ3) is 3.52. The van der Waals surface area contributed by atoms with Crippen LogP contribution in [0.4, 0.5) is 0 Å². The molecule has 21 heavy (non-hydrogen) atoms. The Morgan fingerprint density at radius 3 is 2.00 bits per heavy atom. The van der Waals surface area contributed by atoms with Crippen molar-refractivity contribution in [1.29, 1.82) is 0 Å². The highest BCUT2D eigenvalue weighted by Crippen LogP contribution is 2.25. The van der Waals surface area contributed by atoms with Crippen molar-refractivity contribution in [2.45, 2.75) is 25.2 Å². The predicted molar refractivity (Wildman–Crippen MR) is 85.8 cm³/mol. The number of hydrogen-bond acceptors (Lipinski definition) is 3. The third-order valence-corrected chi connectivity index (χ3v) is 5.97. The summed E-state index contributed by atoms with van der Waals surface area (Å²) in [4.78, 5) is 0. The molecule has 0 unspecified atom stereocenters. The first kappa shape index (κ1) is 15.7. The van der Waals surface area contributed by atoms with Gasteiger partial charge in [0.25, 0.3) is 0 Å². The Bertz CT molecular complexity index is 676. The minimum Gasteiger partial charge on any atom is -0.387 e. The molecule has 0 bridgehead atoms. The Morgan fingerprint density at radius 1 is 0.952 bits per heavy atom. The topological polar surface area (TPSA) is 54.4 Å². The van der Waals surface area contributed by atoms with Crippen LogP contribution in [-0.2, 0) is 9.84 Å². The van der Waals surface area contributed by atoms with Gasteiger partial charge in [0.2, 0.25) is 0 Å². The van der Waals surface area contributed by atoms with Crippen molar-refractivity contribution < 1.29 is 13.5 Å². The highest BCUT2D eigenvalue weighted by atomic mass is 32.2. The largest absolute Gasteiger partial charge is 0.387 e. The van der Waals surface area contributed by atoms with Crippen LogP contribution in [-0.4, -0.2) is 24.5 Å². The first-order chi connectivity index (χ1) is 9.95. The molecule has 0 saturated carbocycles. The Morgan fingerprint density at radius 2 is 1.48 bits per heavy atom. The highest BCUT2D eigenvalue weighted by Gasteiger charge is 2.27. The maximum atomic E-state index is 11.8. The number of aliphatic hydroxyl groups excluding tert-OH is 1. The summed E-state index contributed by atoms with van der Waals surface area (Å²) in [5.41, 5.74) is 2.75. The van der Waals surface area contributed by atoms with Gasteiger partial charge in [0.15, 0.2) is 9.84 Å². The fourth-order valence-electron chi connectivity index (χ4n) is 2.23. The van der Waals surface area contributed by atoms with Gasteiger partial charge in [-0.25, -0.2) is 8.42 Å². The van der Waals surface area contributed by atoms with Gasteiger partial charge in [0.1, 0.15) is 0 Å². The van der Waals surface area contributed by atoms with Crippen LogP contribution in [0.5, 0.6) is 0 Å². The molecule has 0 saturated heterocycles. The predicted octanol–water partition coefficient (Wildman–Crippen LogP) is 3.21. The minimum absolute atomic E-state index is 0.0350. The summed E-state index contributed by atoms with van der Waals surface area (Å²) in [6, 6.07) is 17.3. The number of aliphatic hydroxyl groups is 1. The molecule has 2 aromatic carbocycles. The van der Waals surface area contributed by atoms with Crippen LogP contribution in [0.2, 0.25) is 0 Å². The molecular weight excluding hydrogens is 284 g/mol. The summed E-state index contributed by atoms with van der Waals surface area (Å²) in [7, 11) is -3.26. The van der Waals surface area contributed by atoms with E-state index < -0.39 is 21.2 Å². The van der Waals surface area contributed by atoms with E-state index in [1.165, 1.54) is 0 Å². The third-order valence-electron chi connectivity index (χ3n) is 3.77. The summed E-state index contributed by atoms with van der Waals surface area (Å²) >= 11 is 0. The number of sulfone groups is 1. The highest BCUT2D eigenvalue weighted by molar-refractivity contribution is 7.92. The van der Waals surface area contributed by atoms with E-state index in [1.807, 2.05) is 42.5 Å². The van der Waals surface area contributed by atoms with Crippen molar-refractivity contribution in [2.75, 3.05) is 5.75 Å². The molecule has 4 heteroatoms. The lowest BCUT2D eigenvalue weighted by molar-refractivity contribution is 0.176. The monoisotopic (exact) mass is 304 g/mol. The average Bonchev–Trinajstić information content (AvgIpc) is 2.54. The van der Waals surface area contributed by atoms with Crippen LogP contribution in [0.1, 0.15) is 25.5 Å². The van der Waals surface area contributed by atoms with Gasteiger partial charge in [-0.2, -0.15) is 0 Å². The van der Waals surface area contributed by atoms with Gasteiger partial charge in [-0.05, 0) is 23.6 Å². The minimum atomic E-state index is -3.26. The van der Waals surface area contributed by atoms with Crippen LogP contribution >= 0.6 is 0 Å². The first-order valence-electron chi connectivity index (χ1n) is 7.00. The number of benzene rings is 2.